The molecule has 0 fully saturated rings. The summed E-state index contributed by atoms with van der Waals surface area (Å²) in [6.07, 6.45) is -6.55. The number of nitrogens with zero attached hydrogens (tertiary/aromatic N) is 1. The van der Waals surface area contributed by atoms with Gasteiger partial charge >= 0.3 is 12.1 Å². The molecule has 0 radical (unpaired) electrons. The van der Waals surface area contributed by atoms with Crippen molar-refractivity contribution in [2.45, 2.75) is 25.6 Å². The molecule has 1 rings (SSSR count). The van der Waals surface area contributed by atoms with Gasteiger partial charge in [0.05, 0.1) is 19.1 Å². The van der Waals surface area contributed by atoms with Crippen LogP contribution in [0, 0.1) is 0 Å². The van der Waals surface area contributed by atoms with E-state index >= 15 is 0 Å². The van der Waals surface area contributed by atoms with E-state index in [4.69, 9.17) is 0 Å². The van der Waals surface area contributed by atoms with E-state index in [0.717, 1.165) is 0 Å². The number of hydrogen-bond donors (Lipinski definition) is 1. The number of aromatic nitrogens is 1. The lowest BCUT2D eigenvalue weighted by Gasteiger charge is -2.15. The Kier molecular flexibility index (Phi) is 4.66. The van der Waals surface area contributed by atoms with Crippen molar-refractivity contribution in [2.75, 3.05) is 6.61 Å². The molecule has 100 valence electrons. The Morgan fingerprint density at radius 3 is 2.78 bits per heavy atom. The minimum Gasteiger partial charge on any atom is -0.461 e. The highest BCUT2D eigenvalue weighted by Crippen LogP contribution is 2.30. The maximum atomic E-state index is 12.2. The average molecular weight is 263 g/mol. The fourth-order valence-electron chi connectivity index (χ4n) is 1.39. The Balaban J connectivity index is 2.98. The predicted octanol–water partition coefficient (Wildman–Crippen LogP) is 2.24. The van der Waals surface area contributed by atoms with Gasteiger partial charge in [0.1, 0.15) is 0 Å². The van der Waals surface area contributed by atoms with Crippen molar-refractivity contribution in [3.63, 3.8) is 0 Å². The summed E-state index contributed by atoms with van der Waals surface area (Å²) in [6, 6.07) is 2.56. The molecular weight excluding hydrogens is 251 g/mol. The summed E-state index contributed by atoms with van der Waals surface area (Å²) >= 11 is 0. The van der Waals surface area contributed by atoms with Crippen molar-refractivity contribution < 1.29 is 27.8 Å². The molecule has 1 heterocycles. The van der Waals surface area contributed by atoms with Crippen LogP contribution in [-0.2, 0) is 4.74 Å². The summed E-state index contributed by atoms with van der Waals surface area (Å²) in [6.45, 7) is 1.64. The van der Waals surface area contributed by atoms with E-state index in [2.05, 4.69) is 9.72 Å². The molecule has 0 saturated carbocycles. The Hall–Kier alpha value is -1.63. The number of ether oxygens (including phenoxy) is 1. The zero-order chi connectivity index (χ0) is 13.8. The third-order valence-corrected chi connectivity index (χ3v) is 2.09. The summed E-state index contributed by atoms with van der Waals surface area (Å²) in [5.41, 5.74) is -0.482. The first kappa shape index (κ1) is 14.4. The van der Waals surface area contributed by atoms with E-state index in [9.17, 15) is 23.1 Å². The van der Waals surface area contributed by atoms with Crippen molar-refractivity contribution in [1.82, 2.24) is 4.98 Å². The molecule has 1 atom stereocenters. The second-order valence-corrected chi connectivity index (χ2v) is 3.50. The highest BCUT2D eigenvalue weighted by atomic mass is 19.4. The Labute approximate surface area is 101 Å². The molecule has 1 aromatic heterocycles. The smallest absolute Gasteiger partial charge is 0.391 e. The highest BCUT2D eigenvalue weighted by molar-refractivity contribution is 5.88. The molecule has 1 unspecified atom stereocenters. The van der Waals surface area contributed by atoms with Gasteiger partial charge in [-0.1, -0.05) is 6.07 Å². The van der Waals surface area contributed by atoms with Gasteiger partial charge in [0.25, 0.3) is 0 Å². The number of alkyl halides is 3. The zero-order valence-electron chi connectivity index (χ0n) is 9.57. The van der Waals surface area contributed by atoms with Gasteiger partial charge in [-0.15, -0.1) is 0 Å². The second kappa shape index (κ2) is 5.81. The highest BCUT2D eigenvalue weighted by Gasteiger charge is 2.33. The van der Waals surface area contributed by atoms with Crippen LogP contribution in [0.1, 0.15) is 35.5 Å². The van der Waals surface area contributed by atoms with Crippen LogP contribution in [0.4, 0.5) is 13.2 Å². The maximum absolute atomic E-state index is 12.2. The first-order valence-electron chi connectivity index (χ1n) is 5.22. The average Bonchev–Trinajstić information content (AvgIpc) is 2.27. The van der Waals surface area contributed by atoms with Crippen LogP contribution in [-0.4, -0.2) is 28.8 Å². The van der Waals surface area contributed by atoms with Gasteiger partial charge in [0.2, 0.25) is 0 Å². The molecule has 0 aliphatic heterocycles. The summed E-state index contributed by atoms with van der Waals surface area (Å²) in [4.78, 5) is 15.1. The SMILES string of the molecule is CCOC(=O)c1ncccc1C(O)CC(F)(F)F. The minimum atomic E-state index is -4.53. The molecule has 0 aliphatic carbocycles. The number of hydrogen-bond acceptors (Lipinski definition) is 4. The van der Waals surface area contributed by atoms with Crippen LogP contribution in [0.2, 0.25) is 0 Å². The third kappa shape index (κ3) is 3.99. The number of aliphatic hydroxyl groups excluding tert-OH is 1. The van der Waals surface area contributed by atoms with Crippen molar-refractivity contribution in [2.24, 2.45) is 0 Å². The first-order chi connectivity index (χ1) is 8.35. The molecule has 1 aromatic rings. The number of halogens is 3. The number of pyridine rings is 1. The number of esters is 1. The lowest BCUT2D eigenvalue weighted by atomic mass is 10.0. The molecule has 0 bridgehead atoms. The van der Waals surface area contributed by atoms with Crippen molar-refractivity contribution in [3.05, 3.63) is 29.6 Å². The third-order valence-electron chi connectivity index (χ3n) is 2.09. The van der Waals surface area contributed by atoms with Gasteiger partial charge in [-0.25, -0.2) is 9.78 Å². The molecule has 4 nitrogen and oxygen atoms in total. The quantitative estimate of drug-likeness (QED) is 0.846. The van der Waals surface area contributed by atoms with E-state index < -0.39 is 24.7 Å². The predicted molar refractivity (Wildman–Crippen MR) is 55.8 cm³/mol. The van der Waals surface area contributed by atoms with E-state index in [1.807, 2.05) is 0 Å². The molecule has 18 heavy (non-hydrogen) atoms. The van der Waals surface area contributed by atoms with Gasteiger partial charge in [-0.2, -0.15) is 13.2 Å². The minimum absolute atomic E-state index is 0.0736. The fraction of sp³-hybridized carbons (Fsp3) is 0.455. The fourth-order valence-corrected chi connectivity index (χ4v) is 1.39. The molecule has 0 aliphatic rings. The van der Waals surface area contributed by atoms with Crippen molar-refractivity contribution >= 4 is 5.97 Å². The molecule has 0 spiro atoms. The van der Waals surface area contributed by atoms with Crippen LogP contribution >= 0.6 is 0 Å². The van der Waals surface area contributed by atoms with Crippen molar-refractivity contribution in [1.29, 1.82) is 0 Å². The summed E-state index contributed by atoms with van der Waals surface area (Å²) in [5, 5.41) is 9.49. The lowest BCUT2D eigenvalue weighted by Crippen LogP contribution is -2.18. The first-order valence-corrected chi connectivity index (χ1v) is 5.22. The van der Waals surface area contributed by atoms with Gasteiger partial charge < -0.3 is 9.84 Å². The molecular formula is C11H12F3NO3. The van der Waals surface area contributed by atoms with Crippen LogP contribution in [0.5, 0.6) is 0 Å². The monoisotopic (exact) mass is 263 g/mol. The van der Waals surface area contributed by atoms with E-state index in [0.29, 0.717) is 0 Å². The van der Waals surface area contributed by atoms with Crippen LogP contribution in [0.3, 0.4) is 0 Å². The standard InChI is InChI=1S/C11H12F3NO3/c1-2-18-10(17)9-7(4-3-5-15-9)8(16)6-11(12,13)14/h3-5,8,16H,2,6H2,1H3. The molecule has 0 aromatic carbocycles. The molecule has 0 amide bonds. The lowest BCUT2D eigenvalue weighted by molar-refractivity contribution is -0.154. The second-order valence-electron chi connectivity index (χ2n) is 3.50. The van der Waals surface area contributed by atoms with Crippen molar-refractivity contribution in [3.8, 4) is 0 Å². The van der Waals surface area contributed by atoms with Crippen LogP contribution in [0.25, 0.3) is 0 Å². The molecule has 1 N–H and O–H groups in total. The van der Waals surface area contributed by atoms with Gasteiger partial charge in [0.15, 0.2) is 5.69 Å². The Morgan fingerprint density at radius 1 is 1.56 bits per heavy atom. The summed E-state index contributed by atoms with van der Waals surface area (Å²) in [5.74, 6) is -0.852. The Bertz CT molecular complexity index is 420. The summed E-state index contributed by atoms with van der Waals surface area (Å²) in [7, 11) is 0. The van der Waals surface area contributed by atoms with Gasteiger partial charge in [-0.05, 0) is 13.0 Å². The Morgan fingerprint density at radius 2 is 2.22 bits per heavy atom. The zero-order valence-corrected chi connectivity index (χ0v) is 9.57. The van der Waals surface area contributed by atoms with E-state index in [1.165, 1.54) is 18.3 Å². The van der Waals surface area contributed by atoms with Gasteiger partial charge in [-0.3, -0.25) is 0 Å². The topological polar surface area (TPSA) is 59.4 Å². The number of carbonyl (C=O) groups excluding carboxylic acids is 1. The number of carbonyl (C=O) groups is 1. The van der Waals surface area contributed by atoms with E-state index in [1.54, 1.807) is 6.92 Å². The molecule has 7 heteroatoms. The van der Waals surface area contributed by atoms with Gasteiger partial charge in [0, 0.05) is 11.8 Å². The number of rotatable bonds is 4. The van der Waals surface area contributed by atoms with Crippen LogP contribution < -0.4 is 0 Å². The number of aliphatic hydroxyl groups is 1. The van der Waals surface area contributed by atoms with Crippen LogP contribution in [0.15, 0.2) is 18.3 Å². The molecule has 0 saturated heterocycles. The largest absolute Gasteiger partial charge is 0.461 e. The summed E-state index contributed by atoms with van der Waals surface area (Å²) < 4.78 is 41.2. The normalized spacial score (nSPS) is 13.2. The maximum Gasteiger partial charge on any atom is 0.391 e. The van der Waals surface area contributed by atoms with E-state index in [-0.39, 0.29) is 17.9 Å².